The first-order valence-electron chi connectivity index (χ1n) is 10.6. The van der Waals surface area contributed by atoms with Crippen LogP contribution in [0.1, 0.15) is 30.0 Å². The number of benzene rings is 2. The van der Waals surface area contributed by atoms with Crippen LogP contribution in [-0.4, -0.2) is 39.8 Å². The Morgan fingerprint density at radius 2 is 1.97 bits per heavy atom. The van der Waals surface area contributed by atoms with Gasteiger partial charge in [0.1, 0.15) is 0 Å². The Bertz CT molecular complexity index is 969. The molecule has 0 spiro atoms. The maximum Gasteiger partial charge on any atom is 0.315 e. The summed E-state index contributed by atoms with van der Waals surface area (Å²) in [5.41, 5.74) is 4.88. The smallest absolute Gasteiger partial charge is 0.315 e. The van der Waals surface area contributed by atoms with Gasteiger partial charge in [0.15, 0.2) is 0 Å². The minimum Gasteiger partial charge on any atom is -0.337 e. The van der Waals surface area contributed by atoms with Crippen molar-refractivity contribution in [2.75, 3.05) is 13.1 Å². The van der Waals surface area contributed by atoms with Crippen LogP contribution < -0.4 is 10.6 Å². The van der Waals surface area contributed by atoms with Gasteiger partial charge < -0.3 is 10.6 Å². The molecule has 0 aliphatic carbocycles. The standard InChI is InChI=1S/C24H29N5O/c1-2-22(28-14-11-20-8-3-4-9-21(20)18-28)17-26-24(30)25-16-19-7-5-10-23(15-19)29-13-6-12-27-29/h3-10,12-13,15,22H,2,11,14,16-18H2,1H3,(H2,25,26,30). The first-order chi connectivity index (χ1) is 14.7. The molecule has 4 rings (SSSR count). The summed E-state index contributed by atoms with van der Waals surface area (Å²) in [7, 11) is 0. The van der Waals surface area contributed by atoms with E-state index in [2.05, 4.69) is 51.8 Å². The number of nitrogens with one attached hydrogen (secondary N) is 2. The summed E-state index contributed by atoms with van der Waals surface area (Å²) < 4.78 is 1.81. The quantitative estimate of drug-likeness (QED) is 0.635. The van der Waals surface area contributed by atoms with Gasteiger partial charge in [-0.2, -0.15) is 5.10 Å². The molecule has 0 fully saturated rings. The zero-order valence-electron chi connectivity index (χ0n) is 17.4. The number of carbonyl (C=O) groups excluding carboxylic acids is 1. The first kappa shape index (κ1) is 20.2. The van der Waals surface area contributed by atoms with Gasteiger partial charge in [-0.05, 0) is 47.7 Å². The van der Waals surface area contributed by atoms with Gasteiger partial charge in [0.25, 0.3) is 0 Å². The predicted molar refractivity (Wildman–Crippen MR) is 118 cm³/mol. The van der Waals surface area contributed by atoms with Crippen molar-refractivity contribution in [2.45, 2.75) is 38.9 Å². The van der Waals surface area contributed by atoms with Gasteiger partial charge in [0.05, 0.1) is 5.69 Å². The third kappa shape index (κ3) is 4.89. The lowest BCUT2D eigenvalue weighted by molar-refractivity contribution is 0.169. The number of amides is 2. The van der Waals surface area contributed by atoms with Crippen LogP contribution in [0.3, 0.4) is 0 Å². The molecule has 6 nitrogen and oxygen atoms in total. The number of rotatable bonds is 7. The highest BCUT2D eigenvalue weighted by molar-refractivity contribution is 5.73. The van der Waals surface area contributed by atoms with Crippen molar-refractivity contribution in [3.05, 3.63) is 83.7 Å². The molecule has 2 N–H and O–H groups in total. The molecule has 1 aromatic heterocycles. The summed E-state index contributed by atoms with van der Waals surface area (Å²) in [6.45, 7) is 5.31. The second kappa shape index (κ2) is 9.59. The highest BCUT2D eigenvalue weighted by Crippen LogP contribution is 2.21. The molecule has 2 aromatic carbocycles. The maximum atomic E-state index is 12.4. The predicted octanol–water partition coefficient (Wildman–Crippen LogP) is 3.51. The third-order valence-electron chi connectivity index (χ3n) is 5.78. The SMILES string of the molecule is CCC(CNC(=O)NCc1cccc(-n2cccn2)c1)N1CCc2ccccc2C1. The molecule has 0 saturated heterocycles. The van der Waals surface area contributed by atoms with Crippen LogP contribution in [0.15, 0.2) is 67.0 Å². The fourth-order valence-electron chi connectivity index (χ4n) is 4.05. The van der Waals surface area contributed by atoms with Crippen LogP contribution in [0.25, 0.3) is 5.69 Å². The van der Waals surface area contributed by atoms with Crippen LogP contribution in [0.5, 0.6) is 0 Å². The van der Waals surface area contributed by atoms with E-state index in [0.717, 1.165) is 37.2 Å². The van der Waals surface area contributed by atoms with Crippen LogP contribution in [0.4, 0.5) is 4.79 Å². The maximum absolute atomic E-state index is 12.4. The fourth-order valence-corrected chi connectivity index (χ4v) is 4.05. The number of carbonyl (C=O) groups is 1. The van der Waals surface area contributed by atoms with Crippen molar-refractivity contribution in [3.8, 4) is 5.69 Å². The van der Waals surface area contributed by atoms with E-state index < -0.39 is 0 Å². The van der Waals surface area contributed by atoms with Gasteiger partial charge in [-0.15, -0.1) is 0 Å². The van der Waals surface area contributed by atoms with Gasteiger partial charge >= 0.3 is 6.03 Å². The van der Waals surface area contributed by atoms with Gasteiger partial charge in [0, 0.05) is 44.6 Å². The highest BCUT2D eigenvalue weighted by atomic mass is 16.2. The number of aromatic nitrogens is 2. The Balaban J connectivity index is 1.27. The molecule has 0 saturated carbocycles. The zero-order valence-corrected chi connectivity index (χ0v) is 17.4. The van der Waals surface area contributed by atoms with Crippen molar-refractivity contribution in [1.82, 2.24) is 25.3 Å². The molecular formula is C24H29N5O. The second-order valence-corrected chi connectivity index (χ2v) is 7.74. The van der Waals surface area contributed by atoms with Gasteiger partial charge in [0.2, 0.25) is 0 Å². The summed E-state index contributed by atoms with van der Waals surface area (Å²) in [4.78, 5) is 14.9. The Morgan fingerprint density at radius 3 is 2.77 bits per heavy atom. The van der Waals surface area contributed by atoms with E-state index in [-0.39, 0.29) is 6.03 Å². The van der Waals surface area contributed by atoms with Gasteiger partial charge in [-0.3, -0.25) is 4.90 Å². The lowest BCUT2D eigenvalue weighted by atomic mass is 9.98. The van der Waals surface area contributed by atoms with E-state index >= 15 is 0 Å². The molecule has 1 aliphatic rings. The Labute approximate surface area is 177 Å². The van der Waals surface area contributed by atoms with E-state index in [0.29, 0.717) is 19.1 Å². The lowest BCUT2D eigenvalue weighted by Gasteiger charge is -2.35. The summed E-state index contributed by atoms with van der Waals surface area (Å²) >= 11 is 0. The number of fused-ring (bicyclic) bond motifs is 1. The van der Waals surface area contributed by atoms with E-state index in [1.807, 2.05) is 41.2 Å². The van der Waals surface area contributed by atoms with E-state index in [4.69, 9.17) is 0 Å². The molecule has 3 aromatic rings. The van der Waals surface area contributed by atoms with E-state index in [1.54, 1.807) is 6.20 Å². The zero-order chi connectivity index (χ0) is 20.8. The number of hydrogen-bond acceptors (Lipinski definition) is 3. The molecule has 0 bridgehead atoms. The Morgan fingerprint density at radius 1 is 1.10 bits per heavy atom. The van der Waals surface area contributed by atoms with Crippen molar-refractivity contribution in [3.63, 3.8) is 0 Å². The van der Waals surface area contributed by atoms with Crippen LogP contribution in [0, 0.1) is 0 Å². The van der Waals surface area contributed by atoms with Crippen molar-refractivity contribution in [1.29, 1.82) is 0 Å². The average Bonchev–Trinajstić information content (AvgIpc) is 3.33. The fraction of sp³-hybridized carbons (Fsp3) is 0.333. The molecular weight excluding hydrogens is 374 g/mol. The normalized spacial score (nSPS) is 14.7. The molecule has 6 heteroatoms. The lowest BCUT2D eigenvalue weighted by Crippen LogP contribution is -2.47. The monoisotopic (exact) mass is 403 g/mol. The largest absolute Gasteiger partial charge is 0.337 e. The molecule has 0 radical (unpaired) electrons. The molecule has 1 atom stereocenters. The van der Waals surface area contributed by atoms with Gasteiger partial charge in [-0.25, -0.2) is 9.48 Å². The highest BCUT2D eigenvalue weighted by Gasteiger charge is 2.22. The van der Waals surface area contributed by atoms with Crippen LogP contribution in [0.2, 0.25) is 0 Å². The number of nitrogens with zero attached hydrogens (tertiary/aromatic N) is 3. The summed E-state index contributed by atoms with van der Waals surface area (Å²) in [6, 6.07) is 18.8. The Hall–Kier alpha value is -3.12. The molecule has 2 amide bonds. The number of hydrogen-bond donors (Lipinski definition) is 2. The molecule has 1 unspecified atom stereocenters. The molecule has 30 heavy (non-hydrogen) atoms. The summed E-state index contributed by atoms with van der Waals surface area (Å²) in [5, 5.41) is 10.3. The molecule has 156 valence electrons. The number of urea groups is 1. The second-order valence-electron chi connectivity index (χ2n) is 7.74. The molecule has 1 aliphatic heterocycles. The Kier molecular flexibility index (Phi) is 6.44. The van der Waals surface area contributed by atoms with E-state index in [9.17, 15) is 4.79 Å². The van der Waals surface area contributed by atoms with Crippen molar-refractivity contribution >= 4 is 6.03 Å². The molecule has 2 heterocycles. The average molecular weight is 404 g/mol. The van der Waals surface area contributed by atoms with Gasteiger partial charge in [-0.1, -0.05) is 43.3 Å². The first-order valence-corrected chi connectivity index (χ1v) is 10.6. The van der Waals surface area contributed by atoms with Crippen LogP contribution in [-0.2, 0) is 19.5 Å². The summed E-state index contributed by atoms with van der Waals surface area (Å²) in [5.74, 6) is 0. The third-order valence-corrected chi connectivity index (χ3v) is 5.78. The van der Waals surface area contributed by atoms with Crippen molar-refractivity contribution in [2.24, 2.45) is 0 Å². The minimum atomic E-state index is -0.129. The van der Waals surface area contributed by atoms with Crippen molar-refractivity contribution < 1.29 is 4.79 Å². The van der Waals surface area contributed by atoms with E-state index in [1.165, 1.54) is 11.1 Å². The topological polar surface area (TPSA) is 62.2 Å². The summed E-state index contributed by atoms with van der Waals surface area (Å²) in [6.07, 6.45) is 5.74. The van der Waals surface area contributed by atoms with Crippen LogP contribution >= 0.6 is 0 Å². The minimum absolute atomic E-state index is 0.129.